The SMILES string of the molecule is CCc1ccc(NC(=S)NCC(=O)Nc2c(C)nn(C)c2C)cc1. The number of hydrogen-bond acceptors (Lipinski definition) is 3. The highest BCUT2D eigenvalue weighted by atomic mass is 32.1. The van der Waals surface area contributed by atoms with Crippen molar-refractivity contribution >= 4 is 34.6 Å². The molecule has 7 heteroatoms. The third-order valence-electron chi connectivity index (χ3n) is 3.80. The van der Waals surface area contributed by atoms with E-state index >= 15 is 0 Å². The zero-order chi connectivity index (χ0) is 17.7. The number of nitrogens with zero attached hydrogens (tertiary/aromatic N) is 2. The summed E-state index contributed by atoms with van der Waals surface area (Å²) >= 11 is 5.22. The van der Waals surface area contributed by atoms with E-state index in [1.54, 1.807) is 4.68 Å². The van der Waals surface area contributed by atoms with Crippen LogP contribution in [0.2, 0.25) is 0 Å². The van der Waals surface area contributed by atoms with Gasteiger partial charge in [0, 0.05) is 12.7 Å². The van der Waals surface area contributed by atoms with E-state index in [9.17, 15) is 4.79 Å². The Hall–Kier alpha value is -2.41. The molecule has 0 aliphatic rings. The van der Waals surface area contributed by atoms with Crippen molar-refractivity contribution in [1.82, 2.24) is 15.1 Å². The molecule has 2 aromatic rings. The Kier molecular flexibility index (Phi) is 5.92. The molecule has 2 rings (SSSR count). The molecule has 1 amide bonds. The predicted molar refractivity (Wildman–Crippen MR) is 101 cm³/mol. The summed E-state index contributed by atoms with van der Waals surface area (Å²) in [6.45, 7) is 5.98. The average Bonchev–Trinajstić information content (AvgIpc) is 2.80. The van der Waals surface area contributed by atoms with Crippen molar-refractivity contribution in [3.8, 4) is 0 Å². The summed E-state index contributed by atoms with van der Waals surface area (Å²) in [6, 6.07) is 8.03. The Morgan fingerprint density at radius 2 is 1.88 bits per heavy atom. The summed E-state index contributed by atoms with van der Waals surface area (Å²) in [5.41, 5.74) is 4.61. The lowest BCUT2D eigenvalue weighted by molar-refractivity contribution is -0.115. The van der Waals surface area contributed by atoms with Crippen LogP contribution in [0.15, 0.2) is 24.3 Å². The molecule has 1 heterocycles. The van der Waals surface area contributed by atoms with E-state index in [0.29, 0.717) is 5.11 Å². The van der Waals surface area contributed by atoms with Crippen molar-refractivity contribution in [2.45, 2.75) is 27.2 Å². The Morgan fingerprint density at radius 3 is 2.42 bits per heavy atom. The van der Waals surface area contributed by atoms with Crippen molar-refractivity contribution in [1.29, 1.82) is 0 Å². The van der Waals surface area contributed by atoms with Crippen LogP contribution in [0.25, 0.3) is 0 Å². The van der Waals surface area contributed by atoms with E-state index in [1.165, 1.54) is 5.56 Å². The number of benzene rings is 1. The highest BCUT2D eigenvalue weighted by Gasteiger charge is 2.12. The molecule has 0 radical (unpaired) electrons. The lowest BCUT2D eigenvalue weighted by Gasteiger charge is -2.11. The van der Waals surface area contributed by atoms with Crippen LogP contribution in [-0.4, -0.2) is 27.3 Å². The van der Waals surface area contributed by atoms with Gasteiger partial charge in [-0.2, -0.15) is 5.10 Å². The van der Waals surface area contributed by atoms with Crippen LogP contribution in [0.5, 0.6) is 0 Å². The molecule has 0 spiro atoms. The first-order valence-electron chi connectivity index (χ1n) is 7.84. The van der Waals surface area contributed by atoms with Crippen LogP contribution in [0.3, 0.4) is 0 Å². The predicted octanol–water partition coefficient (Wildman–Crippen LogP) is 2.52. The first-order valence-corrected chi connectivity index (χ1v) is 8.25. The number of rotatable bonds is 5. The molecule has 0 aliphatic carbocycles. The summed E-state index contributed by atoms with van der Waals surface area (Å²) < 4.78 is 1.74. The van der Waals surface area contributed by atoms with Gasteiger partial charge in [0.2, 0.25) is 5.91 Å². The number of aryl methyl sites for hydroxylation is 3. The second-order valence-electron chi connectivity index (χ2n) is 5.58. The highest BCUT2D eigenvalue weighted by molar-refractivity contribution is 7.80. The summed E-state index contributed by atoms with van der Waals surface area (Å²) in [5.74, 6) is -0.167. The number of nitrogens with one attached hydrogen (secondary N) is 3. The molecule has 128 valence electrons. The molecule has 0 atom stereocenters. The van der Waals surface area contributed by atoms with Gasteiger partial charge in [0.25, 0.3) is 0 Å². The molecule has 0 bridgehead atoms. The maximum absolute atomic E-state index is 12.1. The van der Waals surface area contributed by atoms with Crippen LogP contribution >= 0.6 is 12.2 Å². The van der Waals surface area contributed by atoms with Gasteiger partial charge in [-0.15, -0.1) is 0 Å². The van der Waals surface area contributed by atoms with E-state index in [0.717, 1.165) is 29.2 Å². The third kappa shape index (κ3) is 4.55. The van der Waals surface area contributed by atoms with E-state index in [-0.39, 0.29) is 12.5 Å². The Balaban J connectivity index is 1.83. The number of hydrogen-bond donors (Lipinski definition) is 3. The van der Waals surface area contributed by atoms with Crippen LogP contribution < -0.4 is 16.0 Å². The average molecular weight is 345 g/mol. The topological polar surface area (TPSA) is 71.0 Å². The van der Waals surface area contributed by atoms with Gasteiger partial charge in [-0.3, -0.25) is 9.48 Å². The Bertz CT molecular complexity index is 736. The molecule has 24 heavy (non-hydrogen) atoms. The fourth-order valence-corrected chi connectivity index (χ4v) is 2.49. The van der Waals surface area contributed by atoms with Crippen molar-refractivity contribution in [3.05, 3.63) is 41.2 Å². The zero-order valence-corrected chi connectivity index (χ0v) is 15.3. The van der Waals surface area contributed by atoms with Crippen molar-refractivity contribution < 1.29 is 4.79 Å². The smallest absolute Gasteiger partial charge is 0.243 e. The molecule has 0 saturated carbocycles. The zero-order valence-electron chi connectivity index (χ0n) is 14.4. The minimum Gasteiger partial charge on any atom is -0.353 e. The number of anilines is 2. The highest BCUT2D eigenvalue weighted by Crippen LogP contribution is 2.17. The quantitative estimate of drug-likeness (QED) is 0.727. The van der Waals surface area contributed by atoms with Gasteiger partial charge in [-0.1, -0.05) is 19.1 Å². The number of thiocarbonyl (C=S) groups is 1. The molecular weight excluding hydrogens is 322 g/mol. The molecule has 6 nitrogen and oxygen atoms in total. The molecule has 3 N–H and O–H groups in total. The summed E-state index contributed by atoms with van der Waals surface area (Å²) in [7, 11) is 1.85. The van der Waals surface area contributed by atoms with Crippen LogP contribution in [0.4, 0.5) is 11.4 Å². The van der Waals surface area contributed by atoms with Crippen LogP contribution in [0.1, 0.15) is 23.9 Å². The Morgan fingerprint density at radius 1 is 1.21 bits per heavy atom. The number of amides is 1. The van der Waals surface area contributed by atoms with Gasteiger partial charge >= 0.3 is 0 Å². The largest absolute Gasteiger partial charge is 0.353 e. The van der Waals surface area contributed by atoms with E-state index < -0.39 is 0 Å². The minimum atomic E-state index is -0.167. The Labute approximate surface area is 147 Å². The van der Waals surface area contributed by atoms with Gasteiger partial charge < -0.3 is 16.0 Å². The van der Waals surface area contributed by atoms with Gasteiger partial charge in [0.1, 0.15) is 0 Å². The number of carbonyl (C=O) groups excluding carboxylic acids is 1. The maximum atomic E-state index is 12.1. The van der Waals surface area contributed by atoms with E-state index in [2.05, 4.69) is 28.0 Å². The molecule has 0 aliphatic heterocycles. The third-order valence-corrected chi connectivity index (χ3v) is 4.05. The van der Waals surface area contributed by atoms with Crippen molar-refractivity contribution in [2.75, 3.05) is 17.2 Å². The van der Waals surface area contributed by atoms with Gasteiger partial charge in [-0.05, 0) is 50.2 Å². The minimum absolute atomic E-state index is 0.0899. The van der Waals surface area contributed by atoms with E-state index in [1.807, 2.05) is 45.2 Å². The van der Waals surface area contributed by atoms with Crippen molar-refractivity contribution in [2.24, 2.45) is 7.05 Å². The summed E-state index contributed by atoms with van der Waals surface area (Å²) in [6.07, 6.45) is 0.996. The fourth-order valence-electron chi connectivity index (χ4n) is 2.30. The lowest BCUT2D eigenvalue weighted by Crippen LogP contribution is -2.35. The number of carbonyl (C=O) groups is 1. The lowest BCUT2D eigenvalue weighted by atomic mass is 10.1. The normalized spacial score (nSPS) is 10.3. The molecule has 0 saturated heterocycles. The second-order valence-corrected chi connectivity index (χ2v) is 5.98. The molecule has 1 aromatic carbocycles. The molecule has 0 unspecified atom stereocenters. The monoisotopic (exact) mass is 345 g/mol. The standard InChI is InChI=1S/C17H23N5OS/c1-5-13-6-8-14(9-7-13)19-17(24)18-10-15(23)20-16-11(2)21-22(4)12(16)3/h6-9H,5,10H2,1-4H3,(H,20,23)(H2,18,19,24). The van der Waals surface area contributed by atoms with Gasteiger partial charge in [0.15, 0.2) is 5.11 Å². The van der Waals surface area contributed by atoms with Gasteiger partial charge in [-0.25, -0.2) is 0 Å². The van der Waals surface area contributed by atoms with Crippen LogP contribution in [-0.2, 0) is 18.3 Å². The van der Waals surface area contributed by atoms with Crippen molar-refractivity contribution in [3.63, 3.8) is 0 Å². The summed E-state index contributed by atoms with van der Waals surface area (Å²) in [4.78, 5) is 12.1. The van der Waals surface area contributed by atoms with Crippen LogP contribution in [0, 0.1) is 13.8 Å². The molecular formula is C17H23N5OS. The summed E-state index contributed by atoms with van der Waals surface area (Å²) in [5, 5.41) is 13.5. The fraction of sp³-hybridized carbons (Fsp3) is 0.353. The van der Waals surface area contributed by atoms with Gasteiger partial charge in [0.05, 0.1) is 23.6 Å². The number of aromatic nitrogens is 2. The van der Waals surface area contributed by atoms with E-state index in [4.69, 9.17) is 12.2 Å². The second kappa shape index (κ2) is 7.92. The maximum Gasteiger partial charge on any atom is 0.243 e. The molecule has 0 fully saturated rings. The first kappa shape index (κ1) is 17.9. The molecule has 1 aromatic heterocycles. The first-order chi connectivity index (χ1) is 11.4.